The average molecular weight is 416 g/mol. The van der Waals surface area contributed by atoms with Gasteiger partial charge in [-0.05, 0) is 62.7 Å². The predicted molar refractivity (Wildman–Crippen MR) is 111 cm³/mol. The minimum Gasteiger partial charge on any atom is -0.494 e. The minimum absolute atomic E-state index is 0.157. The minimum atomic E-state index is -0.456. The van der Waals surface area contributed by atoms with Crippen molar-refractivity contribution in [3.05, 3.63) is 75.8 Å². The molecule has 7 heteroatoms. The molecule has 1 N–H and O–H groups in total. The molecule has 3 rings (SSSR count). The first-order valence-electron chi connectivity index (χ1n) is 9.24. The number of aromatic nitrogens is 2. The lowest BCUT2D eigenvalue weighted by atomic mass is 10.1. The molecule has 0 aliphatic carbocycles. The molecule has 0 aliphatic rings. The number of carbonyl (C=O) groups excluding carboxylic acids is 1. The van der Waals surface area contributed by atoms with Crippen molar-refractivity contribution in [2.24, 2.45) is 0 Å². The number of nitrogens with zero attached hydrogens (tertiary/aromatic N) is 2. The van der Waals surface area contributed by atoms with Crippen LogP contribution in [0.15, 0.2) is 42.5 Å². The molecule has 152 valence electrons. The summed E-state index contributed by atoms with van der Waals surface area (Å²) < 4.78 is 20.7. The lowest BCUT2D eigenvalue weighted by Crippen LogP contribution is -2.28. The van der Waals surface area contributed by atoms with Crippen LogP contribution >= 0.6 is 11.6 Å². The maximum atomic E-state index is 13.9. The number of nitrogens with one attached hydrogen (secondary N) is 1. The molecule has 5 nitrogen and oxygen atoms in total. The Morgan fingerprint density at radius 2 is 1.93 bits per heavy atom. The third-order valence-corrected chi connectivity index (χ3v) is 5.16. The smallest absolute Gasteiger partial charge is 0.225 e. The Morgan fingerprint density at radius 1 is 1.24 bits per heavy atom. The van der Waals surface area contributed by atoms with Gasteiger partial charge in [0.15, 0.2) is 11.6 Å². The summed E-state index contributed by atoms with van der Waals surface area (Å²) in [4.78, 5) is 12.6. The second kappa shape index (κ2) is 8.66. The van der Waals surface area contributed by atoms with Crippen LogP contribution in [0.2, 0.25) is 5.02 Å². The van der Waals surface area contributed by atoms with Gasteiger partial charge in [-0.15, -0.1) is 0 Å². The van der Waals surface area contributed by atoms with Crippen molar-refractivity contribution in [1.29, 1.82) is 0 Å². The number of aryl methyl sites for hydroxylation is 1. The Balaban J connectivity index is 1.74. The summed E-state index contributed by atoms with van der Waals surface area (Å²) in [7, 11) is 1.41. The van der Waals surface area contributed by atoms with Gasteiger partial charge >= 0.3 is 0 Å². The second-order valence-electron chi connectivity index (χ2n) is 6.90. The first kappa shape index (κ1) is 20.9. The number of halogens is 2. The van der Waals surface area contributed by atoms with Gasteiger partial charge in [0.1, 0.15) is 0 Å². The highest BCUT2D eigenvalue weighted by Crippen LogP contribution is 2.23. The van der Waals surface area contributed by atoms with E-state index in [9.17, 15) is 9.18 Å². The zero-order valence-electron chi connectivity index (χ0n) is 16.8. The third-order valence-electron chi connectivity index (χ3n) is 4.90. The molecule has 0 bridgehead atoms. The van der Waals surface area contributed by atoms with Gasteiger partial charge in [0.2, 0.25) is 5.91 Å². The second-order valence-corrected chi connectivity index (χ2v) is 7.33. The van der Waals surface area contributed by atoms with E-state index in [1.807, 2.05) is 32.9 Å². The van der Waals surface area contributed by atoms with Crippen LogP contribution in [0.1, 0.15) is 35.5 Å². The summed E-state index contributed by atoms with van der Waals surface area (Å²) >= 11 is 5.96. The average Bonchev–Trinajstić information content (AvgIpc) is 2.96. The van der Waals surface area contributed by atoms with E-state index < -0.39 is 5.82 Å². The molecule has 0 saturated heterocycles. The number of hydrogen-bond donors (Lipinski definition) is 1. The van der Waals surface area contributed by atoms with E-state index >= 15 is 0 Å². The van der Waals surface area contributed by atoms with Crippen LogP contribution in [-0.2, 0) is 11.2 Å². The van der Waals surface area contributed by atoms with Crippen LogP contribution in [0.25, 0.3) is 5.69 Å². The third kappa shape index (κ3) is 4.59. The fourth-order valence-electron chi connectivity index (χ4n) is 3.25. The molecule has 0 spiro atoms. The van der Waals surface area contributed by atoms with Crippen molar-refractivity contribution in [2.45, 2.75) is 33.2 Å². The lowest BCUT2D eigenvalue weighted by molar-refractivity contribution is -0.121. The Labute approximate surface area is 174 Å². The summed E-state index contributed by atoms with van der Waals surface area (Å²) in [5.41, 5.74) is 4.09. The number of methoxy groups -OCH3 is 1. The van der Waals surface area contributed by atoms with Crippen LogP contribution in [-0.4, -0.2) is 22.8 Å². The quantitative estimate of drug-likeness (QED) is 0.634. The van der Waals surface area contributed by atoms with Crippen LogP contribution in [0.4, 0.5) is 4.39 Å². The first-order chi connectivity index (χ1) is 13.8. The van der Waals surface area contributed by atoms with E-state index in [1.165, 1.54) is 13.2 Å². The highest BCUT2D eigenvalue weighted by atomic mass is 35.5. The fourth-order valence-corrected chi connectivity index (χ4v) is 3.38. The number of hydrogen-bond acceptors (Lipinski definition) is 3. The van der Waals surface area contributed by atoms with Crippen LogP contribution in [0, 0.1) is 19.7 Å². The van der Waals surface area contributed by atoms with Crippen molar-refractivity contribution in [1.82, 2.24) is 15.1 Å². The maximum Gasteiger partial charge on any atom is 0.225 e. The molecule has 0 saturated carbocycles. The molecule has 29 heavy (non-hydrogen) atoms. The fraction of sp³-hybridized carbons (Fsp3) is 0.273. The van der Waals surface area contributed by atoms with Crippen molar-refractivity contribution in [2.75, 3.05) is 7.11 Å². The molecule has 1 aromatic heterocycles. The Morgan fingerprint density at radius 3 is 2.55 bits per heavy atom. The predicted octanol–water partition coefficient (Wildman–Crippen LogP) is 4.71. The highest BCUT2D eigenvalue weighted by Gasteiger charge is 2.18. The topological polar surface area (TPSA) is 56.1 Å². The van der Waals surface area contributed by atoms with Gasteiger partial charge < -0.3 is 10.1 Å². The van der Waals surface area contributed by atoms with Gasteiger partial charge in [0.25, 0.3) is 0 Å². The van der Waals surface area contributed by atoms with Crippen molar-refractivity contribution in [3.8, 4) is 11.4 Å². The molecule has 0 unspecified atom stereocenters. The number of rotatable bonds is 6. The monoisotopic (exact) mass is 415 g/mol. The molecule has 1 heterocycles. The standard InChI is InChI=1S/C22H23ClFN3O2/c1-13(16-5-10-21(29-4)20(24)11-16)25-22(28)12-19-14(2)26-27(15(19)3)18-8-6-17(23)7-9-18/h5-11,13H,12H2,1-4H3,(H,25,28)/t13-/m0/s1. The molecule has 0 radical (unpaired) electrons. The highest BCUT2D eigenvalue weighted by molar-refractivity contribution is 6.30. The van der Waals surface area contributed by atoms with E-state index in [0.29, 0.717) is 10.6 Å². The molecule has 0 fully saturated rings. The van der Waals surface area contributed by atoms with Crippen molar-refractivity contribution in [3.63, 3.8) is 0 Å². The van der Waals surface area contributed by atoms with E-state index in [4.69, 9.17) is 16.3 Å². The Kier molecular flexibility index (Phi) is 6.23. The summed E-state index contributed by atoms with van der Waals surface area (Å²) in [6, 6.07) is 11.7. The molecular formula is C22H23ClFN3O2. The lowest BCUT2D eigenvalue weighted by Gasteiger charge is -2.15. The SMILES string of the molecule is COc1ccc([C@H](C)NC(=O)Cc2c(C)nn(-c3ccc(Cl)cc3)c2C)cc1F. The molecular weight excluding hydrogens is 393 g/mol. The van der Waals surface area contributed by atoms with Gasteiger partial charge in [-0.25, -0.2) is 9.07 Å². The van der Waals surface area contributed by atoms with Crippen molar-refractivity contribution < 1.29 is 13.9 Å². The number of amides is 1. The Bertz CT molecular complexity index is 1030. The molecule has 3 aromatic rings. The molecule has 0 aliphatic heterocycles. The normalized spacial score (nSPS) is 11.9. The number of carbonyl (C=O) groups is 1. The van der Waals surface area contributed by atoms with Crippen LogP contribution in [0.5, 0.6) is 5.75 Å². The summed E-state index contributed by atoms with van der Waals surface area (Å²) in [5.74, 6) is -0.439. The van der Waals surface area contributed by atoms with E-state index in [-0.39, 0.29) is 24.1 Å². The zero-order valence-corrected chi connectivity index (χ0v) is 17.5. The van der Waals surface area contributed by atoms with Gasteiger partial charge in [0, 0.05) is 16.3 Å². The number of benzene rings is 2. The largest absolute Gasteiger partial charge is 0.494 e. The molecule has 1 amide bonds. The summed E-state index contributed by atoms with van der Waals surface area (Å²) in [6.07, 6.45) is 0.189. The van der Waals surface area contributed by atoms with E-state index in [2.05, 4.69) is 10.4 Å². The Hall–Kier alpha value is -2.86. The van der Waals surface area contributed by atoms with Gasteiger partial charge in [-0.1, -0.05) is 17.7 Å². The summed E-state index contributed by atoms with van der Waals surface area (Å²) in [5, 5.41) is 8.13. The maximum absolute atomic E-state index is 13.9. The number of ether oxygens (including phenoxy) is 1. The van der Waals surface area contributed by atoms with Crippen LogP contribution in [0.3, 0.4) is 0 Å². The van der Waals surface area contributed by atoms with Gasteiger partial charge in [0.05, 0.1) is 31.0 Å². The first-order valence-corrected chi connectivity index (χ1v) is 9.61. The molecule has 2 aromatic carbocycles. The van der Waals surface area contributed by atoms with Crippen LogP contribution < -0.4 is 10.1 Å². The van der Waals surface area contributed by atoms with Gasteiger partial charge in [-0.2, -0.15) is 5.10 Å². The van der Waals surface area contributed by atoms with E-state index in [1.54, 1.807) is 28.9 Å². The van der Waals surface area contributed by atoms with E-state index in [0.717, 1.165) is 22.6 Å². The zero-order chi connectivity index (χ0) is 21.1. The van der Waals surface area contributed by atoms with Crippen molar-refractivity contribution >= 4 is 17.5 Å². The van der Waals surface area contributed by atoms with Gasteiger partial charge in [-0.3, -0.25) is 4.79 Å². The summed E-state index contributed by atoms with van der Waals surface area (Å²) in [6.45, 7) is 5.62. The molecule has 1 atom stereocenters.